The number of anilines is 1. The lowest BCUT2D eigenvalue weighted by Crippen LogP contribution is -2.57. The van der Waals surface area contributed by atoms with Crippen LogP contribution in [-0.2, 0) is 9.59 Å². The number of aliphatic carboxylic acids is 1. The summed E-state index contributed by atoms with van der Waals surface area (Å²) >= 11 is 3.35. The average molecular weight is 424 g/mol. The molecule has 1 atom stereocenters. The van der Waals surface area contributed by atoms with Crippen molar-refractivity contribution < 1.29 is 32.7 Å². The van der Waals surface area contributed by atoms with E-state index in [1.54, 1.807) is 17.0 Å². The van der Waals surface area contributed by atoms with Crippen molar-refractivity contribution >= 4 is 39.4 Å². The highest BCUT2D eigenvalue weighted by molar-refractivity contribution is 9.10. The van der Waals surface area contributed by atoms with E-state index in [0.717, 1.165) is 11.0 Å². The van der Waals surface area contributed by atoms with Crippen LogP contribution in [0.5, 0.6) is 0 Å². The van der Waals surface area contributed by atoms with E-state index in [1.807, 2.05) is 6.07 Å². The highest BCUT2D eigenvalue weighted by Gasteiger charge is 2.38. The first-order valence-corrected chi connectivity index (χ1v) is 7.83. The molecule has 1 unspecified atom stereocenters. The largest absolute Gasteiger partial charge is 0.490 e. The minimum Gasteiger partial charge on any atom is -0.475 e. The molecule has 11 heteroatoms. The van der Waals surface area contributed by atoms with E-state index in [4.69, 9.17) is 9.90 Å². The lowest BCUT2D eigenvalue weighted by molar-refractivity contribution is -0.192. The zero-order chi connectivity index (χ0) is 18.8. The van der Waals surface area contributed by atoms with Crippen molar-refractivity contribution in [1.82, 2.24) is 10.2 Å². The summed E-state index contributed by atoms with van der Waals surface area (Å²) in [6, 6.07) is 4.90. The standard InChI is InChI=1S/C12H12BrN3O2.C2HF3O2/c13-7-1-2-9-8(5-7)12(18)16-4-3-14-6-10(16)11(17)15-9;3-2(4,5)1(6)7/h1-2,5,10,14H,3-4,6H2,(H,15,17);(H,6,7). The Balaban J connectivity index is 0.000000277. The number of carbonyl (C=O) groups is 3. The Morgan fingerprint density at radius 2 is 1.96 bits per heavy atom. The Morgan fingerprint density at radius 3 is 2.56 bits per heavy atom. The van der Waals surface area contributed by atoms with Gasteiger partial charge in [0.2, 0.25) is 5.91 Å². The molecule has 0 aliphatic carbocycles. The van der Waals surface area contributed by atoms with Gasteiger partial charge in [-0.15, -0.1) is 0 Å². The van der Waals surface area contributed by atoms with Gasteiger partial charge in [0.15, 0.2) is 0 Å². The highest BCUT2D eigenvalue weighted by atomic mass is 79.9. The van der Waals surface area contributed by atoms with Crippen molar-refractivity contribution in [2.45, 2.75) is 12.2 Å². The predicted octanol–water partition coefficient (Wildman–Crippen LogP) is 1.45. The molecule has 2 heterocycles. The van der Waals surface area contributed by atoms with Gasteiger partial charge < -0.3 is 20.6 Å². The topological polar surface area (TPSA) is 98.7 Å². The number of amides is 2. The molecule has 0 radical (unpaired) electrons. The van der Waals surface area contributed by atoms with E-state index < -0.39 is 18.2 Å². The monoisotopic (exact) mass is 423 g/mol. The van der Waals surface area contributed by atoms with Crippen LogP contribution >= 0.6 is 15.9 Å². The summed E-state index contributed by atoms with van der Waals surface area (Å²) in [6.07, 6.45) is -5.08. The molecule has 136 valence electrons. The molecule has 3 N–H and O–H groups in total. The summed E-state index contributed by atoms with van der Waals surface area (Å²) in [5.74, 6) is -2.97. The van der Waals surface area contributed by atoms with Crippen LogP contribution in [-0.4, -0.2) is 59.6 Å². The number of hydrogen-bond donors (Lipinski definition) is 3. The van der Waals surface area contributed by atoms with Crippen molar-refractivity contribution in [3.05, 3.63) is 28.2 Å². The molecule has 7 nitrogen and oxygen atoms in total. The molecule has 2 aliphatic heterocycles. The van der Waals surface area contributed by atoms with Crippen molar-refractivity contribution in [3.8, 4) is 0 Å². The summed E-state index contributed by atoms with van der Waals surface area (Å²) in [5.41, 5.74) is 1.13. The summed E-state index contributed by atoms with van der Waals surface area (Å²) in [6.45, 7) is 1.79. The van der Waals surface area contributed by atoms with Crippen LogP contribution in [0.2, 0.25) is 0 Å². The Bertz CT molecular complexity index is 711. The fourth-order valence-corrected chi connectivity index (χ4v) is 2.72. The third-order valence-corrected chi connectivity index (χ3v) is 4.01. The zero-order valence-electron chi connectivity index (χ0n) is 12.6. The number of halogens is 4. The molecule has 0 saturated carbocycles. The molecule has 2 aliphatic rings. The predicted molar refractivity (Wildman–Crippen MR) is 84.2 cm³/mol. The van der Waals surface area contributed by atoms with Crippen molar-refractivity contribution in [1.29, 1.82) is 0 Å². The van der Waals surface area contributed by atoms with E-state index in [2.05, 4.69) is 26.6 Å². The quantitative estimate of drug-likeness (QED) is 0.586. The van der Waals surface area contributed by atoms with Crippen LogP contribution in [0.3, 0.4) is 0 Å². The van der Waals surface area contributed by atoms with Crippen LogP contribution in [0, 0.1) is 0 Å². The summed E-state index contributed by atoms with van der Waals surface area (Å²) in [5, 5.41) is 13.1. The van der Waals surface area contributed by atoms with Gasteiger partial charge in [-0.05, 0) is 18.2 Å². The van der Waals surface area contributed by atoms with Gasteiger partial charge in [-0.3, -0.25) is 9.59 Å². The smallest absolute Gasteiger partial charge is 0.475 e. The molecular weight excluding hydrogens is 411 g/mol. The molecule has 1 aromatic rings. The van der Waals surface area contributed by atoms with Gasteiger partial charge in [-0.1, -0.05) is 15.9 Å². The normalized spacial score (nSPS) is 19.7. The summed E-state index contributed by atoms with van der Waals surface area (Å²) < 4.78 is 32.6. The fraction of sp³-hybridized carbons (Fsp3) is 0.357. The molecule has 25 heavy (non-hydrogen) atoms. The number of nitrogens with zero attached hydrogens (tertiary/aromatic N) is 1. The van der Waals surface area contributed by atoms with Gasteiger partial charge in [0, 0.05) is 24.1 Å². The number of carbonyl (C=O) groups excluding carboxylic acids is 2. The maximum atomic E-state index is 12.5. The van der Waals surface area contributed by atoms with E-state index in [9.17, 15) is 22.8 Å². The number of nitrogens with one attached hydrogen (secondary N) is 2. The average Bonchev–Trinajstić information content (AvgIpc) is 2.64. The first-order chi connectivity index (χ1) is 11.6. The number of carboxylic acid groups (broad SMARTS) is 1. The second kappa shape index (κ2) is 7.40. The highest BCUT2D eigenvalue weighted by Crippen LogP contribution is 2.26. The molecular formula is C14H13BrF3N3O4. The van der Waals surface area contributed by atoms with E-state index in [1.165, 1.54) is 0 Å². The van der Waals surface area contributed by atoms with Crippen molar-refractivity contribution in [2.24, 2.45) is 0 Å². The molecule has 1 saturated heterocycles. The number of carboxylic acids is 1. The minimum absolute atomic E-state index is 0.0869. The number of rotatable bonds is 0. The van der Waals surface area contributed by atoms with Crippen LogP contribution in [0.15, 0.2) is 22.7 Å². The number of alkyl halides is 3. The number of piperazine rings is 1. The minimum atomic E-state index is -5.08. The Labute approximate surface area is 148 Å². The number of fused-ring (bicyclic) bond motifs is 2. The summed E-state index contributed by atoms with van der Waals surface area (Å²) in [7, 11) is 0. The second-order valence-corrected chi connectivity index (χ2v) is 6.12. The molecule has 1 fully saturated rings. The first kappa shape index (κ1) is 19.2. The van der Waals surface area contributed by atoms with Crippen LogP contribution in [0.4, 0.5) is 18.9 Å². The molecule has 0 aromatic heterocycles. The van der Waals surface area contributed by atoms with Gasteiger partial charge >= 0.3 is 12.1 Å². The summed E-state index contributed by atoms with van der Waals surface area (Å²) in [4.78, 5) is 35.1. The Morgan fingerprint density at radius 1 is 1.32 bits per heavy atom. The number of hydrogen-bond acceptors (Lipinski definition) is 4. The lowest BCUT2D eigenvalue weighted by Gasteiger charge is -2.33. The van der Waals surface area contributed by atoms with E-state index in [-0.39, 0.29) is 11.8 Å². The van der Waals surface area contributed by atoms with Crippen LogP contribution in [0.1, 0.15) is 10.4 Å². The van der Waals surface area contributed by atoms with Gasteiger partial charge in [0.05, 0.1) is 11.3 Å². The Kier molecular flexibility index (Phi) is 5.68. The number of benzene rings is 1. The molecule has 0 spiro atoms. The zero-order valence-corrected chi connectivity index (χ0v) is 14.1. The van der Waals surface area contributed by atoms with Crippen molar-refractivity contribution in [3.63, 3.8) is 0 Å². The third kappa shape index (κ3) is 4.48. The van der Waals surface area contributed by atoms with Crippen LogP contribution < -0.4 is 10.6 Å². The van der Waals surface area contributed by atoms with Gasteiger partial charge in [-0.2, -0.15) is 13.2 Å². The van der Waals surface area contributed by atoms with Gasteiger partial charge in [-0.25, -0.2) is 4.79 Å². The molecule has 1 aromatic carbocycles. The fourth-order valence-electron chi connectivity index (χ4n) is 2.35. The van der Waals surface area contributed by atoms with E-state index in [0.29, 0.717) is 24.3 Å². The lowest BCUT2D eigenvalue weighted by atomic mass is 10.1. The van der Waals surface area contributed by atoms with Gasteiger partial charge in [0.1, 0.15) is 6.04 Å². The Hall–Kier alpha value is -2.14. The molecule has 3 rings (SSSR count). The third-order valence-electron chi connectivity index (χ3n) is 3.52. The molecule has 2 amide bonds. The van der Waals surface area contributed by atoms with Crippen molar-refractivity contribution in [2.75, 3.05) is 25.0 Å². The maximum Gasteiger partial charge on any atom is 0.490 e. The van der Waals surface area contributed by atoms with Gasteiger partial charge in [0.25, 0.3) is 5.91 Å². The first-order valence-electron chi connectivity index (χ1n) is 7.03. The SMILES string of the molecule is O=C(O)C(F)(F)F.O=C1Nc2ccc(Br)cc2C(=O)N2CCNCC12. The second-order valence-electron chi connectivity index (χ2n) is 5.20. The van der Waals surface area contributed by atoms with E-state index >= 15 is 0 Å². The van der Waals surface area contributed by atoms with Crippen LogP contribution in [0.25, 0.3) is 0 Å². The maximum absolute atomic E-state index is 12.5. The molecule has 0 bridgehead atoms.